The molecular weight excluding hydrogens is 522 g/mol. The number of fused-ring (bicyclic) bond motifs is 2. The van der Waals surface area contributed by atoms with Gasteiger partial charge in [-0.15, -0.1) is 0 Å². The number of carbonyl (C=O) groups excluding carboxylic acids is 1. The van der Waals surface area contributed by atoms with Crippen molar-refractivity contribution in [3.63, 3.8) is 0 Å². The minimum Gasteiger partial charge on any atom is -0.291 e. The lowest BCUT2D eigenvalue weighted by Gasteiger charge is -2.44. The third-order valence-electron chi connectivity index (χ3n) is 7.57. The van der Waals surface area contributed by atoms with Gasteiger partial charge in [0.15, 0.2) is 5.78 Å². The van der Waals surface area contributed by atoms with Gasteiger partial charge in [-0.3, -0.25) is 9.78 Å². The van der Waals surface area contributed by atoms with E-state index in [9.17, 15) is 22.0 Å². The van der Waals surface area contributed by atoms with Gasteiger partial charge in [0.05, 0.1) is 27.9 Å². The van der Waals surface area contributed by atoms with E-state index in [1.165, 1.54) is 34.8 Å². The zero-order valence-corrected chi connectivity index (χ0v) is 21.8. The lowest BCUT2D eigenvalue weighted by Crippen LogP contribution is -2.53. The fourth-order valence-corrected chi connectivity index (χ4v) is 6.95. The van der Waals surface area contributed by atoms with E-state index < -0.39 is 21.3 Å². The van der Waals surface area contributed by atoms with E-state index in [0.717, 1.165) is 22.9 Å². The third kappa shape index (κ3) is 4.20. The van der Waals surface area contributed by atoms with E-state index in [1.807, 2.05) is 6.08 Å². The minimum absolute atomic E-state index is 0.118. The van der Waals surface area contributed by atoms with Gasteiger partial charge in [0, 0.05) is 19.3 Å². The highest BCUT2D eigenvalue weighted by atomic mass is 32.2. The number of sulfonamides is 1. The maximum atomic E-state index is 14.3. The number of piperidine rings is 1. The van der Waals surface area contributed by atoms with Crippen molar-refractivity contribution in [3.8, 4) is 5.69 Å². The lowest BCUT2D eigenvalue weighted by atomic mass is 9.65. The van der Waals surface area contributed by atoms with E-state index in [1.54, 1.807) is 48.1 Å². The molecule has 4 aromatic rings. The molecule has 0 radical (unpaired) electrons. The Balaban J connectivity index is 1.45. The number of halogens is 2. The van der Waals surface area contributed by atoms with Gasteiger partial charge in [-0.05, 0) is 85.5 Å². The van der Waals surface area contributed by atoms with E-state index in [0.29, 0.717) is 17.7 Å². The summed E-state index contributed by atoms with van der Waals surface area (Å²) >= 11 is 0. The predicted octanol–water partition coefficient (Wildman–Crippen LogP) is 4.76. The number of carbonyl (C=O) groups is 1. The van der Waals surface area contributed by atoms with Gasteiger partial charge in [0.25, 0.3) is 0 Å². The highest BCUT2D eigenvalue weighted by Crippen LogP contribution is 2.47. The van der Waals surface area contributed by atoms with Crippen LogP contribution in [0.15, 0.2) is 83.5 Å². The van der Waals surface area contributed by atoms with E-state index >= 15 is 0 Å². The second-order valence-electron chi connectivity index (χ2n) is 9.92. The normalized spacial score (nSPS) is 19.2. The molecule has 1 aliphatic carbocycles. The Bertz CT molecular complexity index is 1730. The van der Waals surface area contributed by atoms with Crippen molar-refractivity contribution >= 4 is 21.9 Å². The van der Waals surface area contributed by atoms with Crippen LogP contribution >= 0.6 is 0 Å². The topological polar surface area (TPSA) is 85.2 Å². The average Bonchev–Trinajstić information content (AvgIpc) is 3.35. The van der Waals surface area contributed by atoms with Crippen LogP contribution in [0.1, 0.15) is 33.7 Å². The summed E-state index contributed by atoms with van der Waals surface area (Å²) in [5, 5.41) is 4.50. The van der Waals surface area contributed by atoms with Gasteiger partial charge < -0.3 is 0 Å². The summed E-state index contributed by atoms with van der Waals surface area (Å²) in [5.74, 6) is -1.26. The van der Waals surface area contributed by atoms with Crippen LogP contribution < -0.4 is 0 Å². The van der Waals surface area contributed by atoms with Gasteiger partial charge in [-0.25, -0.2) is 21.9 Å². The average molecular weight is 547 g/mol. The molecule has 1 fully saturated rings. The van der Waals surface area contributed by atoms with Gasteiger partial charge in [0.1, 0.15) is 17.3 Å². The molecule has 0 amide bonds. The molecule has 1 unspecified atom stereocenters. The zero-order chi connectivity index (χ0) is 27.4. The second-order valence-corrected chi connectivity index (χ2v) is 11.9. The van der Waals surface area contributed by atoms with Gasteiger partial charge in [-0.1, -0.05) is 17.7 Å². The number of hydrogen-bond acceptors (Lipinski definition) is 5. The molecule has 2 aromatic heterocycles. The van der Waals surface area contributed by atoms with Crippen LogP contribution in [-0.4, -0.2) is 46.4 Å². The number of hydrogen-bond donors (Lipinski definition) is 0. The molecule has 0 spiro atoms. The number of aromatic nitrogens is 3. The molecule has 198 valence electrons. The maximum absolute atomic E-state index is 14.3. The van der Waals surface area contributed by atoms with Crippen LogP contribution in [0.25, 0.3) is 11.8 Å². The summed E-state index contributed by atoms with van der Waals surface area (Å²) in [5.41, 5.74) is 2.32. The summed E-state index contributed by atoms with van der Waals surface area (Å²) in [6.45, 7) is 1.57. The number of benzene rings is 2. The summed E-state index contributed by atoms with van der Waals surface area (Å²) in [7, 11) is -4.09. The highest BCUT2D eigenvalue weighted by Gasteiger charge is 2.51. The fraction of sp³-hybridized carbons (Fsp3) is 0.207. The number of nitrogens with zero attached hydrogens (tertiary/aromatic N) is 4. The first-order valence-corrected chi connectivity index (χ1v) is 13.9. The van der Waals surface area contributed by atoms with Crippen LogP contribution in [0.4, 0.5) is 8.78 Å². The standard InChI is InChI=1S/C29H24F2N4O3S/c1-19-5-10-24(15-25(19)31)39(37,38)34-13-11-21-14-27-20(17-33-35(27)23-8-6-22(30)7-9-23)16-29(21,18-34)28(36)26-4-2-3-12-32-26/h2-10,12,14-15,17H,11,13,16,18H2,1H3. The summed E-state index contributed by atoms with van der Waals surface area (Å²) in [4.78, 5) is 18.3. The molecule has 0 N–H and O–H groups in total. The largest absolute Gasteiger partial charge is 0.291 e. The molecule has 7 nitrogen and oxygen atoms in total. The Kier molecular flexibility index (Phi) is 6.04. The minimum atomic E-state index is -4.09. The van der Waals surface area contributed by atoms with Crippen molar-refractivity contribution in [1.29, 1.82) is 0 Å². The SMILES string of the molecule is Cc1ccc(S(=O)(=O)N2CCC3=Cc4c(cnn4-c4ccc(F)cc4)CC3(C(=O)c3ccccn3)C2)cc1F. The Morgan fingerprint density at radius 2 is 1.85 bits per heavy atom. The molecule has 0 saturated carbocycles. The van der Waals surface area contributed by atoms with E-state index in [2.05, 4.69) is 10.1 Å². The first-order valence-electron chi connectivity index (χ1n) is 12.5. The van der Waals surface area contributed by atoms with Crippen molar-refractivity contribution in [1.82, 2.24) is 19.1 Å². The molecule has 1 aliphatic heterocycles. The number of aryl methyl sites for hydroxylation is 1. The molecule has 3 heterocycles. The number of Topliss-reactive ketones (excluding diaryl/α,β-unsaturated/α-hetero) is 1. The van der Waals surface area contributed by atoms with Gasteiger partial charge in [0.2, 0.25) is 10.0 Å². The van der Waals surface area contributed by atoms with Crippen molar-refractivity contribution in [2.45, 2.75) is 24.7 Å². The fourth-order valence-electron chi connectivity index (χ4n) is 5.43. The van der Waals surface area contributed by atoms with Crippen molar-refractivity contribution < 1.29 is 22.0 Å². The quantitative estimate of drug-likeness (QED) is 0.337. The first-order chi connectivity index (χ1) is 18.7. The summed E-state index contributed by atoms with van der Waals surface area (Å²) in [6, 6.07) is 14.8. The van der Waals surface area contributed by atoms with E-state index in [-0.39, 0.29) is 41.7 Å². The lowest BCUT2D eigenvalue weighted by molar-refractivity contribution is 0.0770. The van der Waals surface area contributed by atoms with Crippen LogP contribution in [0.5, 0.6) is 0 Å². The molecule has 10 heteroatoms. The van der Waals surface area contributed by atoms with Crippen molar-refractivity contribution in [2.24, 2.45) is 5.41 Å². The Morgan fingerprint density at radius 3 is 2.56 bits per heavy atom. The van der Waals surface area contributed by atoms with Crippen LogP contribution in [0, 0.1) is 24.0 Å². The Morgan fingerprint density at radius 1 is 1.05 bits per heavy atom. The third-order valence-corrected chi connectivity index (χ3v) is 9.41. The monoisotopic (exact) mass is 546 g/mol. The number of ketones is 1. The molecular formula is C29H24F2N4O3S. The van der Waals surface area contributed by atoms with Gasteiger partial charge >= 0.3 is 0 Å². The molecule has 2 aliphatic rings. The molecule has 2 aromatic carbocycles. The maximum Gasteiger partial charge on any atom is 0.243 e. The van der Waals surface area contributed by atoms with Gasteiger partial charge in [-0.2, -0.15) is 9.40 Å². The summed E-state index contributed by atoms with van der Waals surface area (Å²) in [6.07, 6.45) is 5.58. The van der Waals surface area contributed by atoms with Crippen molar-refractivity contribution in [2.75, 3.05) is 13.1 Å². The summed E-state index contributed by atoms with van der Waals surface area (Å²) < 4.78 is 58.1. The zero-order valence-electron chi connectivity index (χ0n) is 21.0. The Hall–Kier alpha value is -4.02. The molecule has 6 rings (SSSR count). The number of pyridine rings is 1. The van der Waals surface area contributed by atoms with Crippen LogP contribution in [-0.2, 0) is 16.4 Å². The molecule has 39 heavy (non-hydrogen) atoms. The molecule has 1 atom stereocenters. The molecule has 0 bridgehead atoms. The molecule has 1 saturated heterocycles. The number of rotatable bonds is 5. The highest BCUT2D eigenvalue weighted by molar-refractivity contribution is 7.89. The van der Waals surface area contributed by atoms with Crippen molar-refractivity contribution in [3.05, 3.63) is 113 Å². The first kappa shape index (κ1) is 25.3. The van der Waals surface area contributed by atoms with Crippen LogP contribution in [0.2, 0.25) is 0 Å². The Labute approximate surface area is 224 Å². The second kappa shape index (κ2) is 9.32. The smallest absolute Gasteiger partial charge is 0.243 e. The van der Waals surface area contributed by atoms with Crippen LogP contribution in [0.3, 0.4) is 0 Å². The van der Waals surface area contributed by atoms with E-state index in [4.69, 9.17) is 0 Å². The predicted molar refractivity (Wildman–Crippen MR) is 141 cm³/mol.